The first-order valence-corrected chi connectivity index (χ1v) is 7.66. The van der Waals surface area contributed by atoms with Gasteiger partial charge in [-0.1, -0.05) is 0 Å². The van der Waals surface area contributed by atoms with Gasteiger partial charge in [-0.25, -0.2) is 0 Å². The van der Waals surface area contributed by atoms with E-state index in [0.717, 1.165) is 0 Å². The summed E-state index contributed by atoms with van der Waals surface area (Å²) in [4.78, 5) is 27.0. The minimum Gasteiger partial charge on any atom is -0.395 e. The van der Waals surface area contributed by atoms with Crippen molar-refractivity contribution in [3.05, 3.63) is 0 Å². The topological polar surface area (TPSA) is 70.1 Å². The number of aliphatic hydroxyl groups excluding tert-OH is 1. The number of rotatable bonds is 7. The quantitative estimate of drug-likeness (QED) is 0.679. The summed E-state index contributed by atoms with van der Waals surface area (Å²) in [5, 5.41) is 8.83. The lowest BCUT2D eigenvalue weighted by Gasteiger charge is -2.26. The Kier molecular flexibility index (Phi) is 7.85. The van der Waals surface area contributed by atoms with E-state index < -0.39 is 0 Å². The molecule has 0 atom stereocenters. The van der Waals surface area contributed by atoms with Gasteiger partial charge >= 0.3 is 0 Å². The third-order valence-corrected chi connectivity index (χ3v) is 3.82. The van der Waals surface area contributed by atoms with Gasteiger partial charge in [0.2, 0.25) is 11.8 Å². The van der Waals surface area contributed by atoms with Crippen molar-refractivity contribution in [3.63, 3.8) is 0 Å². The number of thioether (sulfide) groups is 1. The molecule has 1 saturated heterocycles. The molecule has 0 aromatic heterocycles. The molecule has 0 saturated carbocycles. The van der Waals surface area contributed by atoms with Crippen LogP contribution in [0, 0.1) is 0 Å². The molecule has 0 aromatic rings. The molecule has 0 unspecified atom stereocenters. The number of carbonyl (C=O) groups is 2. The van der Waals surface area contributed by atoms with Crippen LogP contribution in [0.1, 0.15) is 6.92 Å². The summed E-state index contributed by atoms with van der Waals surface area (Å²) >= 11 is 1.33. The Hall–Kier alpha value is -0.790. The molecule has 1 aliphatic rings. The molecule has 0 bridgehead atoms. The van der Waals surface area contributed by atoms with Crippen molar-refractivity contribution in [3.8, 4) is 0 Å². The zero-order valence-electron chi connectivity index (χ0n) is 11.3. The van der Waals surface area contributed by atoms with Crippen LogP contribution in [0.3, 0.4) is 0 Å². The molecular weight excluding hydrogens is 268 g/mol. The Balaban J connectivity index is 2.21. The lowest BCUT2D eigenvalue weighted by Crippen LogP contribution is -2.42. The molecule has 0 radical (unpaired) electrons. The van der Waals surface area contributed by atoms with Crippen molar-refractivity contribution in [2.75, 3.05) is 57.5 Å². The molecule has 110 valence electrons. The minimum atomic E-state index is -0.0312. The maximum Gasteiger partial charge on any atom is 0.232 e. The van der Waals surface area contributed by atoms with Crippen molar-refractivity contribution in [1.82, 2.24) is 9.80 Å². The molecule has 0 aromatic carbocycles. The first kappa shape index (κ1) is 16.3. The summed E-state index contributed by atoms with van der Waals surface area (Å²) in [6.45, 7) is 5.24. The maximum absolute atomic E-state index is 11.8. The van der Waals surface area contributed by atoms with E-state index in [0.29, 0.717) is 45.1 Å². The highest BCUT2D eigenvalue weighted by molar-refractivity contribution is 8.00. The zero-order valence-corrected chi connectivity index (χ0v) is 12.2. The van der Waals surface area contributed by atoms with Gasteiger partial charge in [0.25, 0.3) is 0 Å². The maximum atomic E-state index is 11.8. The number of hydrogen-bond acceptors (Lipinski definition) is 5. The smallest absolute Gasteiger partial charge is 0.232 e. The standard InChI is InChI=1S/C12H22N2O4S/c1-2-13(3-6-15)11(16)9-19-10-12(17)14-4-7-18-8-5-14/h15H,2-10H2,1H3. The summed E-state index contributed by atoms with van der Waals surface area (Å²) in [5.41, 5.74) is 0. The number of hydrogen-bond donors (Lipinski definition) is 1. The number of carbonyl (C=O) groups excluding carboxylic acids is 2. The van der Waals surface area contributed by atoms with Gasteiger partial charge in [-0.2, -0.15) is 0 Å². The van der Waals surface area contributed by atoms with E-state index in [-0.39, 0.29) is 24.2 Å². The Morgan fingerprint density at radius 1 is 1.32 bits per heavy atom. The molecule has 2 amide bonds. The third kappa shape index (κ3) is 5.80. The van der Waals surface area contributed by atoms with Crippen molar-refractivity contribution in [2.45, 2.75) is 6.92 Å². The second kappa shape index (κ2) is 9.17. The average molecular weight is 290 g/mol. The van der Waals surface area contributed by atoms with Gasteiger partial charge in [0.1, 0.15) is 0 Å². The molecule has 0 spiro atoms. The molecule has 1 heterocycles. The summed E-state index contributed by atoms with van der Waals surface area (Å²) in [5.74, 6) is 0.634. The summed E-state index contributed by atoms with van der Waals surface area (Å²) < 4.78 is 5.18. The minimum absolute atomic E-state index is 0.0308. The second-order valence-electron chi connectivity index (χ2n) is 4.18. The van der Waals surface area contributed by atoms with E-state index in [9.17, 15) is 9.59 Å². The van der Waals surface area contributed by atoms with Crippen LogP contribution in [0.4, 0.5) is 0 Å². The second-order valence-corrected chi connectivity index (χ2v) is 5.17. The van der Waals surface area contributed by atoms with E-state index in [1.165, 1.54) is 11.8 Å². The van der Waals surface area contributed by atoms with Crippen LogP contribution >= 0.6 is 11.8 Å². The number of aliphatic hydroxyl groups is 1. The fourth-order valence-corrected chi connectivity index (χ4v) is 2.62. The van der Waals surface area contributed by atoms with Gasteiger partial charge in [-0.05, 0) is 6.92 Å². The Morgan fingerprint density at radius 3 is 2.58 bits per heavy atom. The molecule has 0 aliphatic carbocycles. The van der Waals surface area contributed by atoms with Crippen LogP contribution in [0.5, 0.6) is 0 Å². The molecule has 1 fully saturated rings. The Morgan fingerprint density at radius 2 is 2.00 bits per heavy atom. The van der Waals surface area contributed by atoms with Gasteiger partial charge in [0, 0.05) is 26.2 Å². The van der Waals surface area contributed by atoms with Crippen LogP contribution in [0.2, 0.25) is 0 Å². The van der Waals surface area contributed by atoms with Crippen molar-refractivity contribution >= 4 is 23.6 Å². The van der Waals surface area contributed by atoms with Crippen LogP contribution in [-0.4, -0.2) is 84.2 Å². The highest BCUT2D eigenvalue weighted by Gasteiger charge is 2.17. The Bertz CT molecular complexity index is 279. The molecule has 7 heteroatoms. The van der Waals surface area contributed by atoms with Gasteiger partial charge in [-0.15, -0.1) is 11.8 Å². The first-order valence-electron chi connectivity index (χ1n) is 6.51. The van der Waals surface area contributed by atoms with E-state index in [1.807, 2.05) is 6.92 Å². The fraction of sp³-hybridized carbons (Fsp3) is 0.833. The fourth-order valence-electron chi connectivity index (χ4n) is 1.80. The Labute approximate surface area is 118 Å². The van der Waals surface area contributed by atoms with E-state index in [1.54, 1.807) is 9.80 Å². The third-order valence-electron chi connectivity index (χ3n) is 2.92. The van der Waals surface area contributed by atoms with Crippen LogP contribution in [0.25, 0.3) is 0 Å². The highest BCUT2D eigenvalue weighted by Crippen LogP contribution is 2.06. The monoisotopic (exact) mass is 290 g/mol. The van der Waals surface area contributed by atoms with Gasteiger partial charge in [-0.3, -0.25) is 9.59 Å². The normalized spacial score (nSPS) is 15.4. The number of likely N-dealkylation sites (N-methyl/N-ethyl adjacent to an activating group) is 1. The average Bonchev–Trinajstić information content (AvgIpc) is 2.45. The van der Waals surface area contributed by atoms with Crippen LogP contribution in [0.15, 0.2) is 0 Å². The predicted octanol–water partition coefficient (Wildman–Crippen LogP) is -0.581. The van der Waals surface area contributed by atoms with E-state index >= 15 is 0 Å². The van der Waals surface area contributed by atoms with Crippen LogP contribution in [-0.2, 0) is 14.3 Å². The summed E-state index contributed by atoms with van der Waals surface area (Å²) in [7, 11) is 0. The van der Waals surface area contributed by atoms with E-state index in [2.05, 4.69) is 0 Å². The van der Waals surface area contributed by atoms with Crippen LogP contribution < -0.4 is 0 Å². The molecular formula is C12H22N2O4S. The van der Waals surface area contributed by atoms with E-state index in [4.69, 9.17) is 9.84 Å². The predicted molar refractivity (Wildman–Crippen MR) is 74.1 cm³/mol. The number of nitrogens with zero attached hydrogens (tertiary/aromatic N) is 2. The van der Waals surface area contributed by atoms with Gasteiger partial charge < -0.3 is 19.6 Å². The molecule has 1 rings (SSSR count). The van der Waals surface area contributed by atoms with Gasteiger partial charge in [0.05, 0.1) is 31.3 Å². The van der Waals surface area contributed by atoms with Crippen molar-refractivity contribution in [1.29, 1.82) is 0 Å². The SMILES string of the molecule is CCN(CCO)C(=O)CSCC(=O)N1CCOCC1. The number of ether oxygens (including phenoxy) is 1. The number of morpholine rings is 1. The molecule has 1 N–H and O–H groups in total. The molecule has 6 nitrogen and oxygen atoms in total. The zero-order chi connectivity index (χ0) is 14.1. The van der Waals surface area contributed by atoms with Crippen molar-refractivity contribution in [2.24, 2.45) is 0 Å². The lowest BCUT2D eigenvalue weighted by atomic mass is 10.4. The number of amides is 2. The molecule has 19 heavy (non-hydrogen) atoms. The highest BCUT2D eigenvalue weighted by atomic mass is 32.2. The summed E-state index contributed by atoms with van der Waals surface area (Å²) in [6, 6.07) is 0. The lowest BCUT2D eigenvalue weighted by molar-refractivity contribution is -0.132. The first-order chi connectivity index (χ1) is 9.19. The molecule has 1 aliphatic heterocycles. The van der Waals surface area contributed by atoms with Crippen molar-refractivity contribution < 1.29 is 19.4 Å². The summed E-state index contributed by atoms with van der Waals surface area (Å²) in [6.07, 6.45) is 0. The largest absolute Gasteiger partial charge is 0.395 e. The van der Waals surface area contributed by atoms with Gasteiger partial charge in [0.15, 0.2) is 0 Å².